The molecule has 3 aromatic rings. The van der Waals surface area contributed by atoms with E-state index >= 15 is 0 Å². The number of fused-ring (bicyclic) bond motifs is 2. The van der Waals surface area contributed by atoms with Crippen LogP contribution in [0.25, 0.3) is 5.57 Å². The molecule has 1 fully saturated rings. The monoisotopic (exact) mass is 463 g/mol. The summed E-state index contributed by atoms with van der Waals surface area (Å²) in [6.45, 7) is 0.618. The zero-order valence-electron chi connectivity index (χ0n) is 19.0. The molecule has 2 aliphatic rings. The number of nitrogens with one attached hydrogen (secondary N) is 1. The highest BCUT2D eigenvalue weighted by molar-refractivity contribution is 5.86. The maximum Gasteiger partial charge on any atom is 0.573 e. The standard InChI is InChI=1S/C29H28F3NO/c30-29(31,32)34-25-16-12-20(13-17-25)19-33-24-9-5-8-23(18-24)28-26-10-3-1-6-21(26)14-15-22-7-2-4-11-27(22)28/h1-4,6-7,10-13,16-17,24,33H,5,8-9,14-15,18-19H2. The van der Waals surface area contributed by atoms with Gasteiger partial charge in [-0.3, -0.25) is 0 Å². The first-order chi connectivity index (χ1) is 16.5. The highest BCUT2D eigenvalue weighted by atomic mass is 19.4. The van der Waals surface area contributed by atoms with Crippen LogP contribution >= 0.6 is 0 Å². The van der Waals surface area contributed by atoms with Crippen molar-refractivity contribution >= 4 is 5.57 Å². The van der Waals surface area contributed by atoms with Crippen LogP contribution in [0.15, 0.2) is 78.4 Å². The number of alkyl halides is 3. The Kier molecular flexibility index (Phi) is 6.46. The number of benzene rings is 3. The molecule has 0 saturated heterocycles. The summed E-state index contributed by atoms with van der Waals surface area (Å²) in [7, 11) is 0. The number of hydrogen-bond acceptors (Lipinski definition) is 2. The van der Waals surface area contributed by atoms with Gasteiger partial charge in [-0.1, -0.05) is 66.2 Å². The fourth-order valence-electron chi connectivity index (χ4n) is 5.30. The van der Waals surface area contributed by atoms with Gasteiger partial charge in [-0.05, 0) is 84.0 Å². The molecule has 2 nitrogen and oxygen atoms in total. The zero-order valence-corrected chi connectivity index (χ0v) is 19.0. The Labute approximate surface area is 198 Å². The van der Waals surface area contributed by atoms with Gasteiger partial charge < -0.3 is 10.1 Å². The molecule has 0 aromatic heterocycles. The van der Waals surface area contributed by atoms with E-state index in [0.29, 0.717) is 12.6 Å². The van der Waals surface area contributed by atoms with Gasteiger partial charge in [0.05, 0.1) is 0 Å². The third kappa shape index (κ3) is 5.20. The van der Waals surface area contributed by atoms with Gasteiger partial charge in [0, 0.05) is 12.6 Å². The molecule has 176 valence electrons. The lowest BCUT2D eigenvalue weighted by Gasteiger charge is -2.28. The molecular formula is C29H28F3NO. The van der Waals surface area contributed by atoms with E-state index in [-0.39, 0.29) is 5.75 Å². The molecule has 1 unspecified atom stereocenters. The third-order valence-electron chi connectivity index (χ3n) is 6.87. The third-order valence-corrected chi connectivity index (χ3v) is 6.87. The smallest absolute Gasteiger partial charge is 0.406 e. The minimum absolute atomic E-state index is 0.188. The lowest BCUT2D eigenvalue weighted by molar-refractivity contribution is -0.274. The molecule has 3 aromatic carbocycles. The summed E-state index contributed by atoms with van der Waals surface area (Å²) in [4.78, 5) is 0. The van der Waals surface area contributed by atoms with Crippen LogP contribution in [-0.2, 0) is 19.4 Å². The van der Waals surface area contributed by atoms with Gasteiger partial charge in [-0.15, -0.1) is 13.2 Å². The zero-order chi connectivity index (χ0) is 23.5. The maximum absolute atomic E-state index is 12.4. The quantitative estimate of drug-likeness (QED) is 0.441. The van der Waals surface area contributed by atoms with Crippen molar-refractivity contribution in [1.29, 1.82) is 0 Å². The molecule has 1 saturated carbocycles. The van der Waals surface area contributed by atoms with Crippen molar-refractivity contribution < 1.29 is 17.9 Å². The summed E-state index contributed by atoms with van der Waals surface area (Å²) in [5.41, 5.74) is 9.41. The second-order valence-corrected chi connectivity index (χ2v) is 9.16. The number of aryl methyl sites for hydroxylation is 2. The average molecular weight is 464 g/mol. The molecular weight excluding hydrogens is 435 g/mol. The minimum Gasteiger partial charge on any atom is -0.406 e. The summed E-state index contributed by atoms with van der Waals surface area (Å²) >= 11 is 0. The molecule has 34 heavy (non-hydrogen) atoms. The molecule has 0 amide bonds. The minimum atomic E-state index is -4.67. The van der Waals surface area contributed by atoms with Crippen molar-refractivity contribution in [3.05, 3.63) is 106 Å². The molecule has 0 heterocycles. The predicted molar refractivity (Wildman–Crippen MR) is 129 cm³/mol. The Hall–Kier alpha value is -3.05. The van der Waals surface area contributed by atoms with Gasteiger partial charge in [0.25, 0.3) is 0 Å². The van der Waals surface area contributed by atoms with Gasteiger partial charge >= 0.3 is 6.36 Å². The lowest BCUT2D eigenvalue weighted by atomic mass is 9.81. The van der Waals surface area contributed by atoms with E-state index in [0.717, 1.165) is 44.1 Å². The normalized spacial score (nSPS) is 18.1. The topological polar surface area (TPSA) is 21.3 Å². The predicted octanol–water partition coefficient (Wildman–Crippen LogP) is 7.22. The van der Waals surface area contributed by atoms with Gasteiger partial charge in [-0.25, -0.2) is 0 Å². The summed E-state index contributed by atoms with van der Waals surface area (Å²) in [5, 5.41) is 3.64. The Balaban J connectivity index is 1.36. The molecule has 0 bridgehead atoms. The fraction of sp³-hybridized carbons (Fsp3) is 0.310. The van der Waals surface area contributed by atoms with Crippen molar-refractivity contribution in [2.24, 2.45) is 0 Å². The van der Waals surface area contributed by atoms with Crippen LogP contribution in [0.3, 0.4) is 0 Å². The Bertz CT molecular complexity index is 1130. The van der Waals surface area contributed by atoms with Gasteiger partial charge in [0.1, 0.15) is 5.75 Å². The molecule has 1 N–H and O–H groups in total. The van der Waals surface area contributed by atoms with E-state index in [1.807, 2.05) is 0 Å². The van der Waals surface area contributed by atoms with Crippen molar-refractivity contribution in [3.8, 4) is 5.75 Å². The maximum atomic E-state index is 12.4. The number of hydrogen-bond donors (Lipinski definition) is 1. The number of rotatable bonds is 4. The van der Waals surface area contributed by atoms with E-state index in [9.17, 15) is 13.2 Å². The van der Waals surface area contributed by atoms with E-state index in [2.05, 4.69) is 58.6 Å². The second kappa shape index (κ2) is 9.67. The fourth-order valence-corrected chi connectivity index (χ4v) is 5.30. The summed E-state index contributed by atoms with van der Waals surface area (Å²) in [6.07, 6.45) is 1.74. The summed E-state index contributed by atoms with van der Waals surface area (Å²) < 4.78 is 41.2. The van der Waals surface area contributed by atoms with Crippen LogP contribution < -0.4 is 10.1 Å². The molecule has 2 aliphatic carbocycles. The largest absolute Gasteiger partial charge is 0.573 e. The van der Waals surface area contributed by atoms with Crippen molar-refractivity contribution in [2.75, 3.05) is 0 Å². The molecule has 1 atom stereocenters. The van der Waals surface area contributed by atoms with Gasteiger partial charge in [0.15, 0.2) is 0 Å². The van der Waals surface area contributed by atoms with Crippen LogP contribution in [0.5, 0.6) is 5.75 Å². The molecule has 5 heteroatoms. The molecule has 5 rings (SSSR count). The van der Waals surface area contributed by atoms with Crippen LogP contribution in [0.1, 0.15) is 53.5 Å². The molecule has 0 aliphatic heterocycles. The second-order valence-electron chi connectivity index (χ2n) is 9.16. The molecule has 0 spiro atoms. The highest BCUT2D eigenvalue weighted by Crippen LogP contribution is 2.40. The SMILES string of the molecule is FC(F)(F)Oc1ccc(CNC2CCCC(=C3c4ccccc4CCc4ccccc43)C2)cc1. The van der Waals surface area contributed by atoms with Gasteiger partial charge in [-0.2, -0.15) is 0 Å². The first kappa shape index (κ1) is 22.7. The van der Waals surface area contributed by atoms with Crippen LogP contribution in [0, 0.1) is 0 Å². The Morgan fingerprint density at radius 2 is 1.41 bits per heavy atom. The van der Waals surface area contributed by atoms with E-state index in [4.69, 9.17) is 0 Å². The van der Waals surface area contributed by atoms with Crippen molar-refractivity contribution in [2.45, 2.75) is 57.5 Å². The summed E-state index contributed by atoms with van der Waals surface area (Å²) in [5.74, 6) is -0.188. The Morgan fingerprint density at radius 3 is 2.03 bits per heavy atom. The van der Waals surface area contributed by atoms with Crippen LogP contribution in [0.2, 0.25) is 0 Å². The lowest BCUT2D eigenvalue weighted by Crippen LogP contribution is -2.31. The first-order valence-electron chi connectivity index (χ1n) is 11.9. The van der Waals surface area contributed by atoms with E-state index in [1.165, 1.54) is 45.5 Å². The first-order valence-corrected chi connectivity index (χ1v) is 11.9. The van der Waals surface area contributed by atoms with Crippen molar-refractivity contribution in [3.63, 3.8) is 0 Å². The number of ether oxygens (including phenoxy) is 1. The van der Waals surface area contributed by atoms with Crippen LogP contribution in [0.4, 0.5) is 13.2 Å². The van der Waals surface area contributed by atoms with Gasteiger partial charge in [0.2, 0.25) is 0 Å². The molecule has 0 radical (unpaired) electrons. The van der Waals surface area contributed by atoms with Crippen LogP contribution in [-0.4, -0.2) is 12.4 Å². The number of halogens is 3. The summed E-state index contributed by atoms with van der Waals surface area (Å²) in [6, 6.07) is 24.0. The highest BCUT2D eigenvalue weighted by Gasteiger charge is 2.31. The average Bonchev–Trinajstić information content (AvgIpc) is 3.00. The van der Waals surface area contributed by atoms with E-state index in [1.54, 1.807) is 12.1 Å². The Morgan fingerprint density at radius 1 is 0.794 bits per heavy atom. The van der Waals surface area contributed by atoms with E-state index < -0.39 is 6.36 Å². The van der Waals surface area contributed by atoms with Crippen molar-refractivity contribution in [1.82, 2.24) is 5.32 Å².